The van der Waals surface area contributed by atoms with Crippen LogP contribution in [0.15, 0.2) is 0 Å². The first-order chi connectivity index (χ1) is 8.56. The van der Waals surface area contributed by atoms with Gasteiger partial charge < -0.3 is 10.2 Å². The van der Waals surface area contributed by atoms with E-state index in [-0.39, 0.29) is 5.54 Å². The van der Waals surface area contributed by atoms with E-state index in [0.717, 1.165) is 37.6 Å². The number of nitrogens with one attached hydrogen (secondary N) is 1. The van der Waals surface area contributed by atoms with E-state index in [2.05, 4.69) is 37.1 Å². The lowest BCUT2D eigenvalue weighted by molar-refractivity contribution is 0.281. The fraction of sp³-hybridized carbons (Fsp3) is 0.933. The zero-order chi connectivity index (χ0) is 13.6. The van der Waals surface area contributed by atoms with Crippen LogP contribution in [0.5, 0.6) is 0 Å². The summed E-state index contributed by atoms with van der Waals surface area (Å²) in [6.07, 6.45) is 4.31. The van der Waals surface area contributed by atoms with Crippen molar-refractivity contribution in [2.45, 2.75) is 52.0 Å². The molecule has 1 fully saturated rings. The first-order valence-corrected chi connectivity index (χ1v) is 7.39. The number of nitrogens with zero attached hydrogens (tertiary/aromatic N) is 2. The van der Waals surface area contributed by atoms with E-state index in [1.54, 1.807) is 0 Å². The minimum atomic E-state index is -0.308. The zero-order valence-electron chi connectivity index (χ0n) is 12.5. The highest BCUT2D eigenvalue weighted by Crippen LogP contribution is 2.24. The molecule has 0 aliphatic carbocycles. The van der Waals surface area contributed by atoms with Gasteiger partial charge in [-0.15, -0.1) is 0 Å². The van der Waals surface area contributed by atoms with Gasteiger partial charge in [-0.25, -0.2) is 0 Å². The predicted octanol–water partition coefficient (Wildman–Crippen LogP) is 2.64. The quantitative estimate of drug-likeness (QED) is 0.756. The van der Waals surface area contributed by atoms with Crippen molar-refractivity contribution in [3.63, 3.8) is 0 Å². The molecule has 2 atom stereocenters. The van der Waals surface area contributed by atoms with Gasteiger partial charge in [0.05, 0.1) is 6.07 Å². The Morgan fingerprint density at radius 1 is 1.50 bits per heavy atom. The molecule has 18 heavy (non-hydrogen) atoms. The van der Waals surface area contributed by atoms with Crippen LogP contribution in [0.4, 0.5) is 0 Å². The van der Waals surface area contributed by atoms with E-state index in [9.17, 15) is 5.26 Å². The van der Waals surface area contributed by atoms with Crippen molar-refractivity contribution >= 4 is 0 Å². The van der Waals surface area contributed by atoms with Crippen molar-refractivity contribution in [3.05, 3.63) is 0 Å². The van der Waals surface area contributed by atoms with E-state index in [1.165, 1.54) is 19.5 Å². The lowest BCUT2D eigenvalue weighted by Gasteiger charge is -2.25. The second-order valence-electron chi connectivity index (χ2n) is 5.99. The van der Waals surface area contributed by atoms with E-state index in [0.29, 0.717) is 0 Å². The molecule has 0 aromatic rings. The number of nitriles is 1. The molecule has 1 rings (SSSR count). The summed E-state index contributed by atoms with van der Waals surface area (Å²) >= 11 is 0. The van der Waals surface area contributed by atoms with Gasteiger partial charge in [0.1, 0.15) is 5.54 Å². The Bertz CT molecular complexity index is 276. The molecule has 0 radical (unpaired) electrons. The molecule has 104 valence electrons. The van der Waals surface area contributed by atoms with Crippen molar-refractivity contribution in [3.8, 4) is 6.07 Å². The van der Waals surface area contributed by atoms with Crippen LogP contribution in [-0.2, 0) is 0 Å². The van der Waals surface area contributed by atoms with E-state index in [4.69, 9.17) is 0 Å². The molecule has 0 aromatic carbocycles. The molecule has 3 heteroatoms. The Kier molecular flexibility index (Phi) is 6.11. The normalized spacial score (nSPS) is 24.1. The Labute approximate surface area is 113 Å². The van der Waals surface area contributed by atoms with E-state index >= 15 is 0 Å². The molecule has 2 unspecified atom stereocenters. The molecular weight excluding hydrogens is 222 g/mol. The highest BCUT2D eigenvalue weighted by Gasteiger charge is 2.27. The second kappa shape index (κ2) is 7.11. The third-order valence-corrected chi connectivity index (χ3v) is 4.63. The molecule has 3 nitrogen and oxygen atoms in total. The topological polar surface area (TPSA) is 39.1 Å². The molecule has 0 amide bonds. The zero-order valence-corrected chi connectivity index (χ0v) is 12.5. The third-order valence-electron chi connectivity index (χ3n) is 4.63. The Balaban J connectivity index is 2.29. The van der Waals surface area contributed by atoms with Gasteiger partial charge in [0.25, 0.3) is 0 Å². The first kappa shape index (κ1) is 15.5. The smallest absolute Gasteiger partial charge is 0.106 e. The van der Waals surface area contributed by atoms with Crippen LogP contribution in [0, 0.1) is 23.2 Å². The van der Waals surface area contributed by atoms with Crippen LogP contribution in [0.3, 0.4) is 0 Å². The van der Waals surface area contributed by atoms with Crippen molar-refractivity contribution in [1.29, 1.82) is 5.26 Å². The largest absolute Gasteiger partial charge is 0.303 e. The van der Waals surface area contributed by atoms with Crippen molar-refractivity contribution < 1.29 is 0 Å². The number of likely N-dealkylation sites (tertiary alicyclic amines) is 1. The molecule has 0 bridgehead atoms. The molecule has 1 aliphatic rings. The van der Waals surface area contributed by atoms with Crippen LogP contribution in [0.25, 0.3) is 0 Å². The minimum Gasteiger partial charge on any atom is -0.303 e. The summed E-state index contributed by atoms with van der Waals surface area (Å²) in [7, 11) is 1.90. The Morgan fingerprint density at radius 3 is 2.67 bits per heavy atom. The number of hydrogen-bond acceptors (Lipinski definition) is 3. The maximum absolute atomic E-state index is 9.26. The molecule has 0 spiro atoms. The molecule has 1 saturated heterocycles. The summed E-state index contributed by atoms with van der Waals surface area (Å²) in [4.78, 5) is 2.57. The van der Waals surface area contributed by atoms with Gasteiger partial charge in [0, 0.05) is 6.54 Å². The average molecular weight is 251 g/mol. The van der Waals surface area contributed by atoms with Crippen LogP contribution in [0.2, 0.25) is 0 Å². The van der Waals surface area contributed by atoms with Gasteiger partial charge in [-0.3, -0.25) is 0 Å². The highest BCUT2D eigenvalue weighted by atomic mass is 15.1. The van der Waals surface area contributed by atoms with E-state index < -0.39 is 0 Å². The van der Waals surface area contributed by atoms with Gasteiger partial charge >= 0.3 is 0 Å². The van der Waals surface area contributed by atoms with Gasteiger partial charge in [0.2, 0.25) is 0 Å². The Hall–Kier alpha value is -0.590. The standard InChI is InChI=1S/C15H29N3/c1-5-15(12-16,17-4)8-6-9-18-10-7-14(11-18)13(2)3/h13-14,17H,5-11H2,1-4H3. The number of hydrogen-bond donors (Lipinski definition) is 1. The predicted molar refractivity (Wildman–Crippen MR) is 76.3 cm³/mol. The van der Waals surface area contributed by atoms with Gasteiger partial charge in [-0.05, 0) is 57.7 Å². The molecule has 1 aliphatic heterocycles. The third kappa shape index (κ3) is 3.96. The van der Waals surface area contributed by atoms with Crippen LogP contribution < -0.4 is 5.32 Å². The first-order valence-electron chi connectivity index (χ1n) is 7.39. The van der Waals surface area contributed by atoms with Crippen molar-refractivity contribution in [2.24, 2.45) is 11.8 Å². The SMILES string of the molecule is CCC(C#N)(CCCN1CCC(C(C)C)C1)NC. The summed E-state index contributed by atoms with van der Waals surface area (Å²) in [6, 6.07) is 2.44. The molecule has 1 heterocycles. The minimum absolute atomic E-state index is 0.308. The average Bonchev–Trinajstić information content (AvgIpc) is 2.84. The van der Waals surface area contributed by atoms with Gasteiger partial charge in [-0.2, -0.15) is 5.26 Å². The lowest BCUT2D eigenvalue weighted by atomic mass is 9.92. The van der Waals surface area contributed by atoms with Gasteiger partial charge in [-0.1, -0.05) is 20.8 Å². The van der Waals surface area contributed by atoms with Crippen molar-refractivity contribution in [2.75, 3.05) is 26.7 Å². The summed E-state index contributed by atoms with van der Waals surface area (Å²) in [5.41, 5.74) is -0.308. The van der Waals surface area contributed by atoms with Crippen LogP contribution in [-0.4, -0.2) is 37.1 Å². The summed E-state index contributed by atoms with van der Waals surface area (Å²) in [6.45, 7) is 10.4. The van der Waals surface area contributed by atoms with Gasteiger partial charge in [0.15, 0.2) is 0 Å². The maximum atomic E-state index is 9.26. The maximum Gasteiger partial charge on any atom is 0.106 e. The summed E-state index contributed by atoms with van der Waals surface area (Å²) in [5, 5.41) is 12.4. The Morgan fingerprint density at radius 2 is 2.22 bits per heavy atom. The second-order valence-corrected chi connectivity index (χ2v) is 5.99. The molecule has 0 aromatic heterocycles. The molecular formula is C15H29N3. The molecule has 0 saturated carbocycles. The fourth-order valence-corrected chi connectivity index (χ4v) is 2.88. The van der Waals surface area contributed by atoms with Crippen LogP contribution in [0.1, 0.15) is 46.5 Å². The summed E-state index contributed by atoms with van der Waals surface area (Å²) in [5.74, 6) is 1.68. The monoisotopic (exact) mass is 251 g/mol. The lowest BCUT2D eigenvalue weighted by Crippen LogP contribution is -2.41. The summed E-state index contributed by atoms with van der Waals surface area (Å²) < 4.78 is 0. The molecule has 1 N–H and O–H groups in total. The number of rotatable bonds is 7. The highest BCUT2D eigenvalue weighted by molar-refractivity contribution is 5.05. The fourth-order valence-electron chi connectivity index (χ4n) is 2.88. The van der Waals surface area contributed by atoms with E-state index in [1.807, 2.05) is 7.05 Å². The van der Waals surface area contributed by atoms with Crippen molar-refractivity contribution in [1.82, 2.24) is 10.2 Å². The van der Waals surface area contributed by atoms with Crippen LogP contribution >= 0.6 is 0 Å².